The predicted octanol–water partition coefficient (Wildman–Crippen LogP) is 4.36. The first kappa shape index (κ1) is 14.5. The highest BCUT2D eigenvalue weighted by atomic mass is 32.1. The summed E-state index contributed by atoms with van der Waals surface area (Å²) in [6.07, 6.45) is 4.90. The third-order valence-electron chi connectivity index (χ3n) is 4.47. The lowest BCUT2D eigenvalue weighted by molar-refractivity contribution is 0.0698. The van der Waals surface area contributed by atoms with Crippen LogP contribution in [0.3, 0.4) is 0 Å². The number of benzene rings is 1. The van der Waals surface area contributed by atoms with Crippen molar-refractivity contribution in [2.24, 2.45) is 0 Å². The number of fused-ring (bicyclic) bond motifs is 1. The summed E-state index contributed by atoms with van der Waals surface area (Å²) in [5, 5.41) is 10.6. The lowest BCUT2D eigenvalue weighted by Crippen LogP contribution is -2.38. The minimum Gasteiger partial charge on any atom is -0.477 e. The zero-order valence-corrected chi connectivity index (χ0v) is 13.2. The van der Waals surface area contributed by atoms with E-state index in [0.717, 1.165) is 35.2 Å². The van der Waals surface area contributed by atoms with Crippen LogP contribution in [0.25, 0.3) is 10.1 Å². The molecular weight excluding hydrogens is 282 g/mol. The highest BCUT2D eigenvalue weighted by Crippen LogP contribution is 2.33. The van der Waals surface area contributed by atoms with Crippen molar-refractivity contribution in [2.75, 3.05) is 6.54 Å². The summed E-state index contributed by atoms with van der Waals surface area (Å²) in [6.45, 7) is 4.08. The molecule has 1 aliphatic rings. The molecule has 1 fully saturated rings. The van der Waals surface area contributed by atoms with Crippen LogP contribution in [0.1, 0.15) is 47.8 Å². The Labute approximate surface area is 129 Å². The molecule has 1 unspecified atom stereocenters. The highest BCUT2D eigenvalue weighted by Gasteiger charge is 2.25. The van der Waals surface area contributed by atoms with Crippen molar-refractivity contribution in [3.63, 3.8) is 0 Å². The van der Waals surface area contributed by atoms with Crippen LogP contribution < -0.4 is 0 Å². The van der Waals surface area contributed by atoms with Gasteiger partial charge in [-0.25, -0.2) is 4.79 Å². The van der Waals surface area contributed by atoms with Crippen molar-refractivity contribution >= 4 is 27.4 Å². The smallest absolute Gasteiger partial charge is 0.346 e. The molecule has 1 N–H and O–H groups in total. The van der Waals surface area contributed by atoms with Crippen LogP contribution in [0.2, 0.25) is 0 Å². The van der Waals surface area contributed by atoms with Crippen LogP contribution in [0.5, 0.6) is 0 Å². The first-order valence-electron chi connectivity index (χ1n) is 7.68. The Kier molecular flexibility index (Phi) is 4.27. The summed E-state index contributed by atoms with van der Waals surface area (Å²) >= 11 is 1.40. The maximum Gasteiger partial charge on any atom is 0.346 e. The van der Waals surface area contributed by atoms with E-state index in [0.29, 0.717) is 10.9 Å². The lowest BCUT2D eigenvalue weighted by atomic mass is 9.98. The number of piperidine rings is 1. The van der Waals surface area contributed by atoms with Crippen molar-refractivity contribution in [1.29, 1.82) is 0 Å². The van der Waals surface area contributed by atoms with E-state index in [1.807, 2.05) is 18.2 Å². The fraction of sp³-hybridized carbons (Fsp3) is 0.471. The van der Waals surface area contributed by atoms with Gasteiger partial charge < -0.3 is 5.11 Å². The minimum atomic E-state index is -0.795. The van der Waals surface area contributed by atoms with Gasteiger partial charge in [-0.1, -0.05) is 31.5 Å². The molecule has 2 heterocycles. The summed E-state index contributed by atoms with van der Waals surface area (Å²) in [7, 11) is 0. The van der Waals surface area contributed by atoms with E-state index in [-0.39, 0.29) is 0 Å². The van der Waals surface area contributed by atoms with Crippen molar-refractivity contribution in [3.05, 3.63) is 34.7 Å². The molecule has 1 aromatic carbocycles. The monoisotopic (exact) mass is 303 g/mol. The Hall–Kier alpha value is -1.39. The highest BCUT2D eigenvalue weighted by molar-refractivity contribution is 7.21. The zero-order valence-electron chi connectivity index (χ0n) is 12.3. The van der Waals surface area contributed by atoms with Crippen LogP contribution >= 0.6 is 11.3 Å². The predicted molar refractivity (Wildman–Crippen MR) is 87.1 cm³/mol. The van der Waals surface area contributed by atoms with Gasteiger partial charge in [-0.3, -0.25) is 4.90 Å². The fourth-order valence-electron chi connectivity index (χ4n) is 3.36. The lowest BCUT2D eigenvalue weighted by Gasteiger charge is -2.35. The van der Waals surface area contributed by atoms with Gasteiger partial charge in [0.15, 0.2) is 0 Å². The first-order chi connectivity index (χ1) is 10.2. The number of carboxylic acid groups (broad SMARTS) is 1. The third-order valence-corrected chi connectivity index (χ3v) is 5.68. The Morgan fingerprint density at radius 3 is 2.95 bits per heavy atom. The van der Waals surface area contributed by atoms with E-state index in [2.05, 4.69) is 17.9 Å². The number of hydrogen-bond acceptors (Lipinski definition) is 3. The normalized spacial score (nSPS) is 20.0. The third kappa shape index (κ3) is 2.83. The molecule has 1 saturated heterocycles. The molecule has 2 aromatic rings. The first-order valence-corrected chi connectivity index (χ1v) is 8.50. The number of carbonyl (C=O) groups is 1. The van der Waals surface area contributed by atoms with Gasteiger partial charge in [0.1, 0.15) is 4.88 Å². The molecule has 0 bridgehead atoms. The number of carboxylic acids is 1. The maximum absolute atomic E-state index is 11.6. The second-order valence-corrected chi connectivity index (χ2v) is 6.79. The molecule has 0 radical (unpaired) electrons. The summed E-state index contributed by atoms with van der Waals surface area (Å²) in [6, 6.07) is 8.64. The summed E-state index contributed by atoms with van der Waals surface area (Å²) in [5.41, 5.74) is 1.00. The van der Waals surface area contributed by atoms with Gasteiger partial charge in [0, 0.05) is 17.3 Å². The molecule has 0 saturated carbocycles. The van der Waals surface area contributed by atoms with Gasteiger partial charge in [-0.05, 0) is 42.8 Å². The minimum absolute atomic E-state index is 0.511. The number of thiophene rings is 1. The number of hydrogen-bond donors (Lipinski definition) is 1. The summed E-state index contributed by atoms with van der Waals surface area (Å²) in [5.74, 6) is -0.795. The Balaban J connectivity index is 1.98. The van der Waals surface area contributed by atoms with E-state index in [4.69, 9.17) is 0 Å². The SMILES string of the molecule is CCC1CCCCN1Cc1c(C(=O)O)sc2ccccc12. The zero-order chi connectivity index (χ0) is 14.8. The van der Waals surface area contributed by atoms with Gasteiger partial charge in [0.05, 0.1) is 0 Å². The second kappa shape index (κ2) is 6.16. The second-order valence-electron chi connectivity index (χ2n) is 5.74. The van der Waals surface area contributed by atoms with Crippen molar-refractivity contribution in [1.82, 2.24) is 4.90 Å². The van der Waals surface area contributed by atoms with E-state index in [1.54, 1.807) is 0 Å². The molecule has 3 nitrogen and oxygen atoms in total. The molecule has 0 spiro atoms. The van der Waals surface area contributed by atoms with E-state index >= 15 is 0 Å². The Morgan fingerprint density at radius 1 is 1.38 bits per heavy atom. The number of rotatable bonds is 4. The van der Waals surface area contributed by atoms with Crippen LogP contribution in [0, 0.1) is 0 Å². The van der Waals surface area contributed by atoms with Crippen LogP contribution in [-0.4, -0.2) is 28.6 Å². The van der Waals surface area contributed by atoms with E-state index in [1.165, 1.54) is 30.6 Å². The molecule has 112 valence electrons. The summed E-state index contributed by atoms with van der Waals surface area (Å²) in [4.78, 5) is 14.6. The molecule has 0 aliphatic carbocycles. The maximum atomic E-state index is 11.6. The van der Waals surface area contributed by atoms with E-state index in [9.17, 15) is 9.90 Å². The van der Waals surface area contributed by atoms with Gasteiger partial charge >= 0.3 is 5.97 Å². The van der Waals surface area contributed by atoms with Gasteiger partial charge in [0.25, 0.3) is 0 Å². The number of aromatic carboxylic acids is 1. The molecule has 1 atom stereocenters. The molecular formula is C17H21NO2S. The molecule has 4 heteroatoms. The fourth-order valence-corrected chi connectivity index (χ4v) is 4.41. The Morgan fingerprint density at radius 2 is 2.19 bits per heavy atom. The molecule has 1 aliphatic heterocycles. The van der Waals surface area contributed by atoms with Crippen molar-refractivity contribution < 1.29 is 9.90 Å². The number of nitrogens with zero attached hydrogens (tertiary/aromatic N) is 1. The molecule has 0 amide bonds. The average Bonchev–Trinajstić information content (AvgIpc) is 2.87. The van der Waals surface area contributed by atoms with Crippen molar-refractivity contribution in [2.45, 2.75) is 45.2 Å². The standard InChI is InChI=1S/C17H21NO2S/c1-2-12-7-5-6-10-18(12)11-14-13-8-3-4-9-15(13)21-16(14)17(19)20/h3-4,8-9,12H,2,5-7,10-11H2,1H3,(H,19,20). The van der Waals surface area contributed by atoms with Crippen LogP contribution in [0.4, 0.5) is 0 Å². The van der Waals surface area contributed by atoms with Crippen molar-refractivity contribution in [3.8, 4) is 0 Å². The Bertz CT molecular complexity index is 649. The van der Waals surface area contributed by atoms with Crippen LogP contribution in [0.15, 0.2) is 24.3 Å². The number of likely N-dealkylation sites (tertiary alicyclic amines) is 1. The van der Waals surface area contributed by atoms with Gasteiger partial charge in [-0.15, -0.1) is 11.3 Å². The van der Waals surface area contributed by atoms with Crippen LogP contribution in [-0.2, 0) is 6.54 Å². The average molecular weight is 303 g/mol. The quantitative estimate of drug-likeness (QED) is 0.912. The largest absolute Gasteiger partial charge is 0.477 e. The summed E-state index contributed by atoms with van der Waals surface area (Å²) < 4.78 is 1.08. The molecule has 21 heavy (non-hydrogen) atoms. The van der Waals surface area contributed by atoms with Gasteiger partial charge in [-0.2, -0.15) is 0 Å². The topological polar surface area (TPSA) is 40.5 Å². The molecule has 3 rings (SSSR count). The van der Waals surface area contributed by atoms with Gasteiger partial charge in [0.2, 0.25) is 0 Å². The van der Waals surface area contributed by atoms with E-state index < -0.39 is 5.97 Å². The molecule has 1 aromatic heterocycles.